The summed E-state index contributed by atoms with van der Waals surface area (Å²) in [5.74, 6) is 0. The molecule has 3 heteroatoms. The molecule has 0 saturated carbocycles. The van der Waals surface area contributed by atoms with Gasteiger partial charge in [0.15, 0.2) is 0 Å². The standard InChI is InChI=1S/C6H13NO2/c1-5(8)2-6(7)3-9-4-6/h5,8H,2-4,7H2,1H3. The van der Waals surface area contributed by atoms with Gasteiger partial charge < -0.3 is 15.6 Å². The van der Waals surface area contributed by atoms with Crippen LogP contribution >= 0.6 is 0 Å². The molecular formula is C6H13NO2. The van der Waals surface area contributed by atoms with Crippen LogP contribution in [0.1, 0.15) is 13.3 Å². The maximum atomic E-state index is 8.92. The van der Waals surface area contributed by atoms with Gasteiger partial charge in [-0.2, -0.15) is 0 Å². The summed E-state index contributed by atoms with van der Waals surface area (Å²) in [5, 5.41) is 8.92. The second-order valence-electron chi connectivity index (χ2n) is 2.91. The molecule has 0 aromatic rings. The molecule has 0 bridgehead atoms. The number of rotatable bonds is 2. The summed E-state index contributed by atoms with van der Waals surface area (Å²) in [7, 11) is 0. The lowest BCUT2D eigenvalue weighted by Crippen LogP contribution is -2.58. The smallest absolute Gasteiger partial charge is 0.0670 e. The Balaban J connectivity index is 2.24. The van der Waals surface area contributed by atoms with Gasteiger partial charge in [0.2, 0.25) is 0 Å². The molecule has 0 amide bonds. The van der Waals surface area contributed by atoms with Gasteiger partial charge in [0.25, 0.3) is 0 Å². The molecular weight excluding hydrogens is 118 g/mol. The third kappa shape index (κ3) is 1.64. The zero-order valence-corrected chi connectivity index (χ0v) is 5.63. The maximum absolute atomic E-state index is 8.92. The Morgan fingerprint density at radius 2 is 2.33 bits per heavy atom. The van der Waals surface area contributed by atoms with Crippen LogP contribution < -0.4 is 5.73 Å². The number of hydrogen-bond acceptors (Lipinski definition) is 3. The van der Waals surface area contributed by atoms with E-state index in [1.807, 2.05) is 0 Å². The minimum atomic E-state index is -0.307. The van der Waals surface area contributed by atoms with Crippen LogP contribution in [0.2, 0.25) is 0 Å². The Kier molecular flexibility index (Phi) is 1.75. The van der Waals surface area contributed by atoms with Crippen molar-refractivity contribution < 1.29 is 9.84 Å². The summed E-state index contributed by atoms with van der Waals surface area (Å²) in [5.41, 5.74) is 5.49. The molecule has 1 unspecified atom stereocenters. The zero-order chi connectivity index (χ0) is 6.91. The van der Waals surface area contributed by atoms with E-state index >= 15 is 0 Å². The van der Waals surface area contributed by atoms with E-state index in [1.165, 1.54) is 0 Å². The van der Waals surface area contributed by atoms with Crippen LogP contribution in [0, 0.1) is 0 Å². The zero-order valence-electron chi connectivity index (χ0n) is 5.63. The normalized spacial score (nSPS) is 27.0. The third-order valence-electron chi connectivity index (χ3n) is 1.48. The Labute approximate surface area is 54.8 Å². The molecule has 1 atom stereocenters. The predicted octanol–water partition coefficient (Wildman–Crippen LogP) is -0.515. The molecule has 0 aromatic carbocycles. The number of ether oxygens (including phenoxy) is 1. The van der Waals surface area contributed by atoms with Gasteiger partial charge in [0.05, 0.1) is 24.9 Å². The molecule has 9 heavy (non-hydrogen) atoms. The van der Waals surface area contributed by atoms with E-state index < -0.39 is 0 Å². The van der Waals surface area contributed by atoms with Crippen molar-refractivity contribution in [1.29, 1.82) is 0 Å². The highest BCUT2D eigenvalue weighted by molar-refractivity contribution is 4.91. The molecule has 1 aliphatic heterocycles. The highest BCUT2D eigenvalue weighted by atomic mass is 16.5. The van der Waals surface area contributed by atoms with Crippen LogP contribution in [0.5, 0.6) is 0 Å². The monoisotopic (exact) mass is 131 g/mol. The average Bonchev–Trinajstić information content (AvgIpc) is 1.60. The lowest BCUT2D eigenvalue weighted by atomic mass is 9.92. The quantitative estimate of drug-likeness (QED) is 0.530. The molecule has 0 radical (unpaired) electrons. The van der Waals surface area contributed by atoms with Crippen molar-refractivity contribution in [2.45, 2.75) is 25.0 Å². The van der Waals surface area contributed by atoms with Gasteiger partial charge in [0, 0.05) is 0 Å². The highest BCUT2D eigenvalue weighted by Gasteiger charge is 2.34. The Bertz CT molecular complexity index is 99.2. The molecule has 1 rings (SSSR count). The van der Waals surface area contributed by atoms with Gasteiger partial charge >= 0.3 is 0 Å². The van der Waals surface area contributed by atoms with E-state index in [9.17, 15) is 0 Å². The van der Waals surface area contributed by atoms with Crippen molar-refractivity contribution in [3.05, 3.63) is 0 Å². The van der Waals surface area contributed by atoms with Gasteiger partial charge in [-0.05, 0) is 13.3 Å². The Hall–Kier alpha value is -0.120. The summed E-state index contributed by atoms with van der Waals surface area (Å²) in [4.78, 5) is 0. The topological polar surface area (TPSA) is 55.5 Å². The molecule has 3 nitrogen and oxygen atoms in total. The lowest BCUT2D eigenvalue weighted by molar-refractivity contribution is -0.0715. The number of aliphatic hydroxyl groups excluding tert-OH is 1. The van der Waals surface area contributed by atoms with E-state index in [1.54, 1.807) is 6.92 Å². The van der Waals surface area contributed by atoms with Gasteiger partial charge in [-0.25, -0.2) is 0 Å². The van der Waals surface area contributed by atoms with E-state index in [0.717, 1.165) is 0 Å². The van der Waals surface area contributed by atoms with Crippen molar-refractivity contribution in [2.24, 2.45) is 5.73 Å². The van der Waals surface area contributed by atoms with E-state index in [-0.39, 0.29) is 11.6 Å². The van der Waals surface area contributed by atoms with E-state index in [4.69, 9.17) is 15.6 Å². The van der Waals surface area contributed by atoms with Crippen molar-refractivity contribution in [1.82, 2.24) is 0 Å². The van der Waals surface area contributed by atoms with Crippen molar-refractivity contribution in [2.75, 3.05) is 13.2 Å². The second kappa shape index (κ2) is 2.25. The number of nitrogens with two attached hydrogens (primary N) is 1. The molecule has 0 aliphatic carbocycles. The van der Waals surface area contributed by atoms with Gasteiger partial charge in [-0.1, -0.05) is 0 Å². The Morgan fingerprint density at radius 3 is 2.44 bits per heavy atom. The minimum absolute atomic E-state index is 0.228. The summed E-state index contributed by atoms with van der Waals surface area (Å²) < 4.78 is 4.90. The third-order valence-corrected chi connectivity index (χ3v) is 1.48. The van der Waals surface area contributed by atoms with Crippen LogP contribution in [0.25, 0.3) is 0 Å². The fourth-order valence-corrected chi connectivity index (χ4v) is 1.07. The van der Waals surface area contributed by atoms with E-state index in [0.29, 0.717) is 19.6 Å². The first-order chi connectivity index (χ1) is 4.12. The summed E-state index contributed by atoms with van der Waals surface area (Å²) in [6, 6.07) is 0. The molecule has 0 spiro atoms. The minimum Gasteiger partial charge on any atom is -0.393 e. The maximum Gasteiger partial charge on any atom is 0.0670 e. The highest BCUT2D eigenvalue weighted by Crippen LogP contribution is 2.18. The fraction of sp³-hybridized carbons (Fsp3) is 1.00. The molecule has 54 valence electrons. The molecule has 1 fully saturated rings. The van der Waals surface area contributed by atoms with Gasteiger partial charge in [-0.15, -0.1) is 0 Å². The van der Waals surface area contributed by atoms with Crippen molar-refractivity contribution >= 4 is 0 Å². The summed E-state index contributed by atoms with van der Waals surface area (Å²) in [6.45, 7) is 2.93. The van der Waals surface area contributed by atoms with Crippen LogP contribution in [0.15, 0.2) is 0 Å². The summed E-state index contributed by atoms with van der Waals surface area (Å²) >= 11 is 0. The molecule has 1 heterocycles. The van der Waals surface area contributed by atoms with Crippen LogP contribution in [-0.2, 0) is 4.74 Å². The first-order valence-electron chi connectivity index (χ1n) is 3.17. The fourth-order valence-electron chi connectivity index (χ4n) is 1.07. The van der Waals surface area contributed by atoms with Crippen LogP contribution in [-0.4, -0.2) is 30.0 Å². The summed E-state index contributed by atoms with van der Waals surface area (Å²) in [6.07, 6.45) is 0.339. The van der Waals surface area contributed by atoms with Crippen LogP contribution in [0.4, 0.5) is 0 Å². The van der Waals surface area contributed by atoms with Crippen LogP contribution in [0.3, 0.4) is 0 Å². The number of aliphatic hydroxyl groups is 1. The van der Waals surface area contributed by atoms with Gasteiger partial charge in [-0.3, -0.25) is 0 Å². The van der Waals surface area contributed by atoms with Crippen molar-refractivity contribution in [3.8, 4) is 0 Å². The SMILES string of the molecule is CC(O)CC1(N)COC1. The second-order valence-corrected chi connectivity index (χ2v) is 2.91. The largest absolute Gasteiger partial charge is 0.393 e. The number of hydrogen-bond donors (Lipinski definition) is 2. The molecule has 0 aromatic heterocycles. The molecule has 3 N–H and O–H groups in total. The molecule has 1 saturated heterocycles. The first kappa shape index (κ1) is 6.99. The van der Waals surface area contributed by atoms with Gasteiger partial charge in [0.1, 0.15) is 0 Å². The lowest BCUT2D eigenvalue weighted by Gasteiger charge is -2.38. The van der Waals surface area contributed by atoms with E-state index in [2.05, 4.69) is 0 Å². The average molecular weight is 131 g/mol. The predicted molar refractivity (Wildman–Crippen MR) is 34.0 cm³/mol. The van der Waals surface area contributed by atoms with Crippen molar-refractivity contribution in [3.63, 3.8) is 0 Å². The molecule has 1 aliphatic rings. The Morgan fingerprint density at radius 1 is 1.78 bits per heavy atom. The first-order valence-corrected chi connectivity index (χ1v) is 3.17.